The molecule has 0 unspecified atom stereocenters. The van der Waals surface area contributed by atoms with E-state index >= 15 is 0 Å². The molecule has 22 heavy (non-hydrogen) atoms. The lowest BCUT2D eigenvalue weighted by molar-refractivity contribution is 0.231. The largest absolute Gasteiger partial charge is 0.488 e. The van der Waals surface area contributed by atoms with Crippen molar-refractivity contribution in [2.24, 2.45) is 0 Å². The Kier molecular flexibility index (Phi) is 4.41. The van der Waals surface area contributed by atoms with Gasteiger partial charge in [0.25, 0.3) is 10.0 Å². The smallest absolute Gasteiger partial charge is 0.265 e. The summed E-state index contributed by atoms with van der Waals surface area (Å²) in [5.74, 6) is -0.553. The van der Waals surface area contributed by atoms with E-state index in [4.69, 9.17) is 4.74 Å². The monoisotopic (exact) mass is 327 g/mol. The fourth-order valence-corrected chi connectivity index (χ4v) is 3.48. The van der Waals surface area contributed by atoms with Crippen LogP contribution in [-0.4, -0.2) is 24.7 Å². The number of hydrogen-bond donors (Lipinski definition) is 2. The van der Waals surface area contributed by atoms with Crippen molar-refractivity contribution < 1.29 is 17.5 Å². The third-order valence-electron chi connectivity index (χ3n) is 2.88. The van der Waals surface area contributed by atoms with Crippen molar-refractivity contribution in [1.29, 1.82) is 0 Å². The number of nitrogens with one attached hydrogen (secondary N) is 2. The summed E-state index contributed by atoms with van der Waals surface area (Å²) in [7, 11) is -3.84. The van der Waals surface area contributed by atoms with Gasteiger partial charge in [-0.25, -0.2) is 12.8 Å². The number of nitrogens with zero attached hydrogens (tertiary/aromatic N) is 1. The predicted molar refractivity (Wildman–Crippen MR) is 81.0 cm³/mol. The molecule has 0 saturated heterocycles. The average molecular weight is 327 g/mol. The van der Waals surface area contributed by atoms with E-state index < -0.39 is 15.8 Å². The van der Waals surface area contributed by atoms with E-state index in [1.807, 2.05) is 0 Å². The summed E-state index contributed by atoms with van der Waals surface area (Å²) in [6.07, 6.45) is -0.173. The minimum absolute atomic E-state index is 0.0652. The molecule has 0 aliphatic heterocycles. The highest BCUT2D eigenvalue weighted by molar-refractivity contribution is 7.92. The fourth-order valence-electron chi connectivity index (χ4n) is 2.06. The van der Waals surface area contributed by atoms with E-state index in [1.165, 1.54) is 12.1 Å². The first-order valence-electron chi connectivity index (χ1n) is 6.71. The molecule has 2 rings (SSSR count). The van der Waals surface area contributed by atoms with Crippen molar-refractivity contribution in [3.8, 4) is 5.75 Å². The molecule has 0 fully saturated rings. The van der Waals surface area contributed by atoms with Crippen molar-refractivity contribution in [2.75, 3.05) is 4.72 Å². The number of aromatic nitrogens is 2. The molecule has 0 spiro atoms. The van der Waals surface area contributed by atoms with Gasteiger partial charge >= 0.3 is 0 Å². The normalized spacial score (nSPS) is 11.7. The number of aryl methyl sites for hydroxylation is 2. The van der Waals surface area contributed by atoms with Crippen LogP contribution in [0.25, 0.3) is 0 Å². The van der Waals surface area contributed by atoms with Crippen molar-refractivity contribution in [3.63, 3.8) is 0 Å². The zero-order valence-corrected chi connectivity index (χ0v) is 13.6. The summed E-state index contributed by atoms with van der Waals surface area (Å²) in [6.45, 7) is 6.74. The molecule has 120 valence electrons. The highest BCUT2D eigenvalue weighted by Gasteiger charge is 2.22. The highest BCUT2D eigenvalue weighted by atomic mass is 32.2. The summed E-state index contributed by atoms with van der Waals surface area (Å²) < 4.78 is 46.2. The third kappa shape index (κ3) is 3.38. The minimum atomic E-state index is -3.84. The van der Waals surface area contributed by atoms with Crippen LogP contribution in [0, 0.1) is 19.7 Å². The first kappa shape index (κ1) is 16.3. The molecule has 8 heteroatoms. The molecular formula is C14H18FN3O3S. The average Bonchev–Trinajstić information content (AvgIpc) is 2.72. The topological polar surface area (TPSA) is 84.1 Å². The Labute approximate surface area is 128 Å². The Morgan fingerprint density at radius 3 is 2.50 bits per heavy atom. The van der Waals surface area contributed by atoms with E-state index in [0.29, 0.717) is 11.4 Å². The summed E-state index contributed by atoms with van der Waals surface area (Å²) >= 11 is 0. The molecule has 1 aromatic carbocycles. The van der Waals surface area contributed by atoms with E-state index in [1.54, 1.807) is 27.7 Å². The maximum Gasteiger partial charge on any atom is 0.265 e. The van der Waals surface area contributed by atoms with Gasteiger partial charge in [0.15, 0.2) is 11.6 Å². The Morgan fingerprint density at radius 1 is 1.32 bits per heavy atom. The van der Waals surface area contributed by atoms with Crippen molar-refractivity contribution >= 4 is 15.7 Å². The first-order chi connectivity index (χ1) is 10.2. The predicted octanol–water partition coefficient (Wildman–Crippen LogP) is 2.75. The van der Waals surface area contributed by atoms with Crippen molar-refractivity contribution in [2.45, 2.75) is 38.7 Å². The summed E-state index contributed by atoms with van der Waals surface area (Å²) in [4.78, 5) is 0.0652. The number of rotatable bonds is 5. The summed E-state index contributed by atoms with van der Waals surface area (Å²) in [5, 5.41) is 6.46. The van der Waals surface area contributed by atoms with Gasteiger partial charge in [-0.15, -0.1) is 0 Å². The molecular weight excluding hydrogens is 309 g/mol. The van der Waals surface area contributed by atoms with Crippen LogP contribution in [0.1, 0.15) is 25.2 Å². The van der Waals surface area contributed by atoms with Crippen LogP contribution in [0.3, 0.4) is 0 Å². The Morgan fingerprint density at radius 2 is 2.00 bits per heavy atom. The number of sulfonamides is 1. The molecule has 0 aliphatic carbocycles. The second-order valence-electron chi connectivity index (χ2n) is 5.18. The zero-order valence-electron chi connectivity index (χ0n) is 12.8. The minimum Gasteiger partial charge on any atom is -0.488 e. The molecule has 1 heterocycles. The van der Waals surface area contributed by atoms with Gasteiger partial charge in [-0.2, -0.15) is 5.10 Å². The van der Waals surface area contributed by atoms with E-state index in [-0.39, 0.29) is 22.4 Å². The van der Waals surface area contributed by atoms with Gasteiger partial charge in [0, 0.05) is 6.07 Å². The number of aromatic amines is 1. The molecule has 0 bridgehead atoms. The molecule has 0 aliphatic rings. The number of hydrogen-bond acceptors (Lipinski definition) is 4. The lowest BCUT2D eigenvalue weighted by Gasteiger charge is -2.12. The molecule has 1 aromatic heterocycles. The van der Waals surface area contributed by atoms with Crippen LogP contribution in [0.2, 0.25) is 0 Å². The van der Waals surface area contributed by atoms with Crippen LogP contribution in [0.4, 0.5) is 10.1 Å². The van der Waals surface area contributed by atoms with Gasteiger partial charge in [0.2, 0.25) is 0 Å². The molecule has 0 radical (unpaired) electrons. The standard InChI is InChI=1S/C14H18FN3O3S/c1-8(2)21-13-6-5-11(7-12(13)15)18-22(19,20)14-9(3)16-17-10(14)4/h5-8,18H,1-4H3,(H,16,17). The maximum absolute atomic E-state index is 13.9. The lowest BCUT2D eigenvalue weighted by Crippen LogP contribution is -2.15. The van der Waals surface area contributed by atoms with E-state index in [9.17, 15) is 12.8 Å². The number of H-pyrrole nitrogens is 1. The molecule has 2 N–H and O–H groups in total. The Hall–Kier alpha value is -2.09. The quantitative estimate of drug-likeness (QED) is 0.884. The summed E-state index contributed by atoms with van der Waals surface area (Å²) in [6, 6.07) is 3.92. The fraction of sp³-hybridized carbons (Fsp3) is 0.357. The van der Waals surface area contributed by atoms with Crippen molar-refractivity contribution in [3.05, 3.63) is 35.4 Å². The van der Waals surface area contributed by atoms with Gasteiger partial charge in [0.05, 0.1) is 23.2 Å². The second-order valence-corrected chi connectivity index (χ2v) is 6.80. The highest BCUT2D eigenvalue weighted by Crippen LogP contribution is 2.25. The SMILES string of the molecule is Cc1n[nH]c(C)c1S(=O)(=O)Nc1ccc(OC(C)C)c(F)c1. The number of halogens is 1. The van der Waals surface area contributed by atoms with Gasteiger partial charge in [-0.1, -0.05) is 0 Å². The number of benzene rings is 1. The first-order valence-corrected chi connectivity index (χ1v) is 8.19. The molecule has 0 saturated carbocycles. The number of anilines is 1. The van der Waals surface area contributed by atoms with E-state index in [0.717, 1.165) is 6.07 Å². The van der Waals surface area contributed by atoms with Gasteiger partial charge in [-0.3, -0.25) is 9.82 Å². The van der Waals surface area contributed by atoms with Gasteiger partial charge in [0.1, 0.15) is 4.90 Å². The van der Waals surface area contributed by atoms with Gasteiger partial charge < -0.3 is 4.74 Å². The molecule has 6 nitrogen and oxygen atoms in total. The molecule has 0 atom stereocenters. The van der Waals surface area contributed by atoms with Crippen LogP contribution in [-0.2, 0) is 10.0 Å². The zero-order chi connectivity index (χ0) is 16.5. The number of ether oxygens (including phenoxy) is 1. The van der Waals surface area contributed by atoms with Crippen LogP contribution < -0.4 is 9.46 Å². The van der Waals surface area contributed by atoms with Crippen LogP contribution in [0.5, 0.6) is 5.75 Å². The second kappa shape index (κ2) is 5.96. The lowest BCUT2D eigenvalue weighted by atomic mass is 10.3. The third-order valence-corrected chi connectivity index (χ3v) is 4.52. The molecule has 2 aromatic rings. The maximum atomic E-state index is 13.9. The van der Waals surface area contributed by atoms with Gasteiger partial charge in [-0.05, 0) is 39.8 Å². The van der Waals surface area contributed by atoms with Crippen molar-refractivity contribution in [1.82, 2.24) is 10.2 Å². The molecule has 0 amide bonds. The Bertz CT molecular complexity index is 765. The van der Waals surface area contributed by atoms with Crippen LogP contribution in [0.15, 0.2) is 23.1 Å². The van der Waals surface area contributed by atoms with Crippen LogP contribution >= 0.6 is 0 Å². The Balaban J connectivity index is 2.29. The summed E-state index contributed by atoms with van der Waals surface area (Å²) in [5.41, 5.74) is 0.893. The van der Waals surface area contributed by atoms with E-state index in [2.05, 4.69) is 14.9 Å².